The van der Waals surface area contributed by atoms with Crippen LogP contribution in [0.3, 0.4) is 0 Å². The number of nitrogens with one attached hydrogen (secondary N) is 1. The van der Waals surface area contributed by atoms with Crippen LogP contribution in [0, 0.1) is 0 Å². The summed E-state index contributed by atoms with van der Waals surface area (Å²) in [6.45, 7) is 0.936. The van der Waals surface area contributed by atoms with Gasteiger partial charge in [-0.25, -0.2) is 0 Å². The van der Waals surface area contributed by atoms with Crippen LogP contribution in [0.2, 0.25) is 0 Å². The zero-order valence-electron chi connectivity index (χ0n) is 13.9. The Bertz CT molecular complexity index is 524. The van der Waals surface area contributed by atoms with Crippen molar-refractivity contribution in [3.63, 3.8) is 0 Å². The van der Waals surface area contributed by atoms with E-state index in [9.17, 15) is 9.59 Å². The minimum atomic E-state index is -0.423. The Balaban J connectivity index is 1.97. The zero-order chi connectivity index (χ0) is 16.7. The van der Waals surface area contributed by atoms with Gasteiger partial charge in [-0.05, 0) is 25.5 Å². The molecule has 1 saturated carbocycles. The third-order valence-corrected chi connectivity index (χ3v) is 4.66. The van der Waals surface area contributed by atoms with Gasteiger partial charge in [0.15, 0.2) is 0 Å². The van der Waals surface area contributed by atoms with Crippen LogP contribution in [0.4, 0.5) is 0 Å². The topological polar surface area (TPSA) is 75.4 Å². The van der Waals surface area contributed by atoms with E-state index in [0.717, 1.165) is 12.8 Å². The first kappa shape index (κ1) is 17.5. The molecule has 0 aliphatic heterocycles. The van der Waals surface area contributed by atoms with Crippen molar-refractivity contribution in [1.29, 1.82) is 0 Å². The second-order valence-corrected chi connectivity index (χ2v) is 6.62. The molecule has 126 valence electrons. The molecule has 1 aromatic rings. The van der Waals surface area contributed by atoms with Crippen molar-refractivity contribution in [3.05, 3.63) is 35.9 Å². The first-order valence-corrected chi connectivity index (χ1v) is 8.31. The van der Waals surface area contributed by atoms with Crippen LogP contribution in [0.25, 0.3) is 0 Å². The predicted octanol–water partition coefficient (Wildman–Crippen LogP) is 1.42. The van der Waals surface area contributed by atoms with Gasteiger partial charge in [0, 0.05) is 12.0 Å². The van der Waals surface area contributed by atoms with Gasteiger partial charge in [0.25, 0.3) is 0 Å². The first-order valence-electron chi connectivity index (χ1n) is 8.31. The number of carbonyl (C=O) groups is 2. The van der Waals surface area contributed by atoms with E-state index < -0.39 is 5.91 Å². The quantitative estimate of drug-likeness (QED) is 0.798. The van der Waals surface area contributed by atoms with Crippen molar-refractivity contribution in [2.45, 2.75) is 37.5 Å². The lowest BCUT2D eigenvalue weighted by molar-refractivity contribution is -0.123. The van der Waals surface area contributed by atoms with E-state index in [1.807, 2.05) is 6.07 Å². The van der Waals surface area contributed by atoms with Crippen LogP contribution < -0.4 is 11.1 Å². The maximum absolute atomic E-state index is 12.1. The Morgan fingerprint density at radius 1 is 1.13 bits per heavy atom. The number of benzene rings is 1. The Morgan fingerprint density at radius 2 is 1.78 bits per heavy atom. The summed E-state index contributed by atoms with van der Waals surface area (Å²) in [5, 5.41) is 3.06. The molecule has 5 nitrogen and oxygen atoms in total. The Hall–Kier alpha value is -1.88. The van der Waals surface area contributed by atoms with Crippen molar-refractivity contribution < 1.29 is 9.59 Å². The Morgan fingerprint density at radius 3 is 2.39 bits per heavy atom. The summed E-state index contributed by atoms with van der Waals surface area (Å²) < 4.78 is 0. The molecule has 0 heterocycles. The lowest BCUT2D eigenvalue weighted by atomic mass is 9.69. The minimum absolute atomic E-state index is 0.0391. The summed E-state index contributed by atoms with van der Waals surface area (Å²) in [4.78, 5) is 24.7. The van der Waals surface area contributed by atoms with E-state index in [-0.39, 0.29) is 24.4 Å². The van der Waals surface area contributed by atoms with Crippen molar-refractivity contribution >= 4 is 11.8 Å². The molecule has 0 saturated heterocycles. The molecule has 23 heavy (non-hydrogen) atoms. The van der Waals surface area contributed by atoms with Crippen LogP contribution in [0.1, 0.15) is 37.7 Å². The number of hydrogen-bond donors (Lipinski definition) is 2. The second-order valence-electron chi connectivity index (χ2n) is 6.62. The molecule has 0 bridgehead atoms. The van der Waals surface area contributed by atoms with Crippen molar-refractivity contribution in [2.75, 3.05) is 26.7 Å². The summed E-state index contributed by atoms with van der Waals surface area (Å²) in [7, 11) is 1.72. The predicted molar refractivity (Wildman–Crippen MR) is 90.9 cm³/mol. The highest BCUT2D eigenvalue weighted by atomic mass is 16.2. The van der Waals surface area contributed by atoms with Gasteiger partial charge in [-0.15, -0.1) is 0 Å². The second kappa shape index (κ2) is 8.11. The fraction of sp³-hybridized carbons (Fsp3) is 0.556. The van der Waals surface area contributed by atoms with Crippen molar-refractivity contribution in [1.82, 2.24) is 10.2 Å². The monoisotopic (exact) mass is 317 g/mol. The van der Waals surface area contributed by atoms with Gasteiger partial charge in [0.2, 0.25) is 11.8 Å². The summed E-state index contributed by atoms with van der Waals surface area (Å²) in [6, 6.07) is 10.5. The van der Waals surface area contributed by atoms with Gasteiger partial charge in [0.1, 0.15) is 0 Å². The largest absolute Gasteiger partial charge is 0.369 e. The highest BCUT2D eigenvalue weighted by Gasteiger charge is 2.34. The molecule has 0 unspecified atom stereocenters. The molecule has 1 aliphatic carbocycles. The molecule has 5 heteroatoms. The van der Waals surface area contributed by atoms with Crippen LogP contribution >= 0.6 is 0 Å². The summed E-state index contributed by atoms with van der Waals surface area (Å²) in [5.41, 5.74) is 6.49. The van der Waals surface area contributed by atoms with Gasteiger partial charge >= 0.3 is 0 Å². The van der Waals surface area contributed by atoms with E-state index >= 15 is 0 Å². The van der Waals surface area contributed by atoms with Gasteiger partial charge in [-0.3, -0.25) is 14.5 Å². The molecule has 2 amide bonds. The summed E-state index contributed by atoms with van der Waals surface area (Å²) in [6.07, 6.45) is 5.88. The number of carbonyl (C=O) groups excluding carboxylic acids is 2. The normalized spacial score (nSPS) is 17.0. The van der Waals surface area contributed by atoms with E-state index in [1.54, 1.807) is 11.9 Å². The smallest absolute Gasteiger partial charge is 0.234 e. The minimum Gasteiger partial charge on any atom is -0.369 e. The molecule has 1 aromatic carbocycles. The zero-order valence-corrected chi connectivity index (χ0v) is 13.9. The molecular weight excluding hydrogens is 290 g/mol. The number of amides is 2. The van der Waals surface area contributed by atoms with Crippen LogP contribution in [0.15, 0.2) is 30.3 Å². The standard InChI is InChI=1S/C18H27N3O2/c1-21(12-16(19)22)13-17(23)20-14-18(10-6-3-7-11-18)15-8-4-2-5-9-15/h2,4-5,8-9H,3,6-7,10-14H2,1H3,(H2,19,22)(H,20,23). The maximum atomic E-state index is 12.1. The first-order chi connectivity index (χ1) is 11.0. The van der Waals surface area contributed by atoms with Crippen molar-refractivity contribution in [3.8, 4) is 0 Å². The van der Waals surface area contributed by atoms with E-state index in [4.69, 9.17) is 5.73 Å². The fourth-order valence-electron chi connectivity index (χ4n) is 3.48. The molecule has 1 fully saturated rings. The van der Waals surface area contributed by atoms with E-state index in [0.29, 0.717) is 6.54 Å². The van der Waals surface area contributed by atoms with Crippen LogP contribution in [-0.4, -0.2) is 43.4 Å². The van der Waals surface area contributed by atoms with Crippen molar-refractivity contribution in [2.24, 2.45) is 5.73 Å². The third kappa shape index (κ3) is 5.06. The average Bonchev–Trinajstić information content (AvgIpc) is 2.54. The summed E-state index contributed by atoms with van der Waals surface area (Å²) in [5.74, 6) is -0.483. The lowest BCUT2D eigenvalue weighted by Crippen LogP contribution is -2.45. The number of primary amides is 1. The molecule has 1 aliphatic rings. The Labute approximate surface area is 138 Å². The number of likely N-dealkylation sites (N-methyl/N-ethyl adjacent to an activating group) is 1. The van der Waals surface area contributed by atoms with Crippen LogP contribution in [0.5, 0.6) is 0 Å². The molecule has 2 rings (SSSR count). The number of rotatable bonds is 7. The average molecular weight is 317 g/mol. The molecule has 0 atom stereocenters. The highest BCUT2D eigenvalue weighted by Crippen LogP contribution is 2.38. The number of hydrogen-bond acceptors (Lipinski definition) is 3. The maximum Gasteiger partial charge on any atom is 0.234 e. The van der Waals surface area contributed by atoms with Gasteiger partial charge in [-0.2, -0.15) is 0 Å². The highest BCUT2D eigenvalue weighted by molar-refractivity contribution is 5.80. The molecule has 3 N–H and O–H groups in total. The molecular formula is C18H27N3O2. The molecule has 0 spiro atoms. The summed E-state index contributed by atoms with van der Waals surface area (Å²) >= 11 is 0. The lowest BCUT2D eigenvalue weighted by Gasteiger charge is -2.38. The SMILES string of the molecule is CN(CC(N)=O)CC(=O)NCC1(c2ccccc2)CCCCC1. The van der Waals surface area contributed by atoms with Gasteiger partial charge in [-0.1, -0.05) is 49.6 Å². The van der Waals surface area contributed by atoms with Gasteiger partial charge < -0.3 is 11.1 Å². The number of nitrogens with two attached hydrogens (primary N) is 1. The van der Waals surface area contributed by atoms with E-state index in [1.165, 1.54) is 24.8 Å². The fourth-order valence-corrected chi connectivity index (χ4v) is 3.48. The molecule has 0 radical (unpaired) electrons. The van der Waals surface area contributed by atoms with Gasteiger partial charge in [0.05, 0.1) is 13.1 Å². The third-order valence-electron chi connectivity index (χ3n) is 4.66. The molecule has 0 aromatic heterocycles. The number of nitrogens with zero attached hydrogens (tertiary/aromatic N) is 1. The van der Waals surface area contributed by atoms with E-state index in [2.05, 4.69) is 29.6 Å². The van der Waals surface area contributed by atoms with Crippen LogP contribution in [-0.2, 0) is 15.0 Å². The Kier molecular flexibility index (Phi) is 6.16.